The smallest absolute Gasteiger partial charge is 0.258 e. The van der Waals surface area contributed by atoms with E-state index in [0.29, 0.717) is 0 Å². The van der Waals surface area contributed by atoms with E-state index in [1.807, 2.05) is 26.0 Å². The highest BCUT2D eigenvalue weighted by atomic mass is 16.6. The van der Waals surface area contributed by atoms with Crippen LogP contribution >= 0.6 is 0 Å². The first kappa shape index (κ1) is 11.3. The fraction of sp³-hybridized carbons (Fsp3) is 0.143. The molecule has 0 heterocycles. The van der Waals surface area contributed by atoms with Gasteiger partial charge in [0.1, 0.15) is 0 Å². The molecule has 2 aromatic carbocycles. The van der Waals surface area contributed by atoms with Crippen molar-refractivity contribution < 1.29 is 4.92 Å². The van der Waals surface area contributed by atoms with Gasteiger partial charge in [-0.05, 0) is 54.3 Å². The zero-order valence-corrected chi connectivity index (χ0v) is 9.73. The van der Waals surface area contributed by atoms with E-state index in [1.165, 1.54) is 17.7 Å². The van der Waals surface area contributed by atoms with Crippen molar-refractivity contribution in [1.29, 1.82) is 0 Å². The molecule has 0 aliphatic heterocycles. The third-order valence-electron chi connectivity index (χ3n) is 2.89. The van der Waals surface area contributed by atoms with Crippen molar-refractivity contribution >= 4 is 5.69 Å². The predicted octanol–water partition coefficient (Wildman–Crippen LogP) is 3.68. The van der Waals surface area contributed by atoms with Crippen LogP contribution in [0.5, 0.6) is 0 Å². The first-order chi connectivity index (χ1) is 8.09. The van der Waals surface area contributed by atoms with Crippen LogP contribution in [-0.2, 0) is 0 Å². The van der Waals surface area contributed by atoms with Crippen LogP contribution < -0.4 is 0 Å². The van der Waals surface area contributed by atoms with Gasteiger partial charge in [0.05, 0.1) is 4.92 Å². The molecule has 0 spiro atoms. The standard InChI is InChI=1S/C14H12NO2/c1-10-4-3-5-14(11(10)2)12-6-8-13(9-7-12)15(16)17/h3-4,6-9H,1-2H3. The molecule has 17 heavy (non-hydrogen) atoms. The Morgan fingerprint density at radius 1 is 1.12 bits per heavy atom. The Balaban J connectivity index is 2.47. The molecule has 0 saturated heterocycles. The third-order valence-corrected chi connectivity index (χ3v) is 2.89. The fourth-order valence-electron chi connectivity index (χ4n) is 1.73. The van der Waals surface area contributed by atoms with E-state index in [4.69, 9.17) is 0 Å². The minimum atomic E-state index is -0.392. The second-order valence-corrected chi connectivity index (χ2v) is 3.96. The van der Waals surface area contributed by atoms with Crippen molar-refractivity contribution in [2.75, 3.05) is 0 Å². The quantitative estimate of drug-likeness (QED) is 0.579. The summed E-state index contributed by atoms with van der Waals surface area (Å²) in [4.78, 5) is 10.2. The van der Waals surface area contributed by atoms with Crippen LogP contribution in [-0.4, -0.2) is 4.92 Å². The number of hydrogen-bond donors (Lipinski definition) is 0. The van der Waals surface area contributed by atoms with Crippen molar-refractivity contribution in [3.05, 3.63) is 63.7 Å². The maximum absolute atomic E-state index is 10.6. The predicted molar refractivity (Wildman–Crippen MR) is 66.8 cm³/mol. The summed E-state index contributed by atoms with van der Waals surface area (Å²) in [5.74, 6) is 0. The zero-order chi connectivity index (χ0) is 12.4. The number of nitrogens with zero attached hydrogens (tertiary/aromatic N) is 1. The Labute approximate surface area is 99.9 Å². The molecule has 0 aliphatic rings. The van der Waals surface area contributed by atoms with Gasteiger partial charge < -0.3 is 0 Å². The minimum Gasteiger partial charge on any atom is -0.258 e. The molecule has 0 N–H and O–H groups in total. The van der Waals surface area contributed by atoms with Crippen molar-refractivity contribution in [2.24, 2.45) is 0 Å². The topological polar surface area (TPSA) is 43.1 Å². The molecular weight excluding hydrogens is 214 g/mol. The lowest BCUT2D eigenvalue weighted by Crippen LogP contribution is -1.89. The summed E-state index contributed by atoms with van der Waals surface area (Å²) in [7, 11) is 0. The van der Waals surface area contributed by atoms with Crippen LogP contribution in [0.2, 0.25) is 0 Å². The van der Waals surface area contributed by atoms with Crippen LogP contribution in [0.25, 0.3) is 11.1 Å². The number of rotatable bonds is 2. The maximum atomic E-state index is 10.6. The molecule has 85 valence electrons. The van der Waals surface area contributed by atoms with Gasteiger partial charge in [-0.15, -0.1) is 0 Å². The highest BCUT2D eigenvalue weighted by Gasteiger charge is 2.07. The lowest BCUT2D eigenvalue weighted by atomic mass is 9.97. The number of nitro benzene ring substituents is 1. The summed E-state index contributed by atoms with van der Waals surface area (Å²) in [6, 6.07) is 13.6. The second kappa shape index (κ2) is 4.37. The number of hydrogen-bond acceptors (Lipinski definition) is 2. The molecule has 3 nitrogen and oxygen atoms in total. The van der Waals surface area contributed by atoms with Crippen LogP contribution in [0.3, 0.4) is 0 Å². The lowest BCUT2D eigenvalue weighted by Gasteiger charge is -2.07. The average Bonchev–Trinajstić information content (AvgIpc) is 2.33. The maximum Gasteiger partial charge on any atom is 0.269 e. The second-order valence-electron chi connectivity index (χ2n) is 3.96. The van der Waals surface area contributed by atoms with Gasteiger partial charge in [-0.25, -0.2) is 0 Å². The van der Waals surface area contributed by atoms with Crippen molar-refractivity contribution in [3.8, 4) is 11.1 Å². The largest absolute Gasteiger partial charge is 0.269 e. The lowest BCUT2D eigenvalue weighted by molar-refractivity contribution is -0.384. The van der Waals surface area contributed by atoms with Gasteiger partial charge in [0.2, 0.25) is 0 Å². The van der Waals surface area contributed by atoms with E-state index in [2.05, 4.69) is 6.07 Å². The first-order valence-corrected chi connectivity index (χ1v) is 5.32. The highest BCUT2D eigenvalue weighted by Crippen LogP contribution is 2.26. The number of non-ortho nitro benzene ring substituents is 1. The number of nitro groups is 1. The molecule has 0 unspecified atom stereocenters. The van der Waals surface area contributed by atoms with Gasteiger partial charge in [-0.2, -0.15) is 0 Å². The van der Waals surface area contributed by atoms with Crippen LogP contribution in [0.1, 0.15) is 11.1 Å². The molecule has 0 aliphatic carbocycles. The Morgan fingerprint density at radius 3 is 2.35 bits per heavy atom. The van der Waals surface area contributed by atoms with Crippen molar-refractivity contribution in [1.82, 2.24) is 0 Å². The van der Waals surface area contributed by atoms with E-state index in [0.717, 1.165) is 16.7 Å². The van der Waals surface area contributed by atoms with E-state index < -0.39 is 4.92 Å². The van der Waals surface area contributed by atoms with Crippen LogP contribution in [0.15, 0.2) is 36.4 Å². The number of aryl methyl sites for hydroxylation is 1. The summed E-state index contributed by atoms with van der Waals surface area (Å²) in [6.45, 7) is 4.07. The van der Waals surface area contributed by atoms with Gasteiger partial charge in [0, 0.05) is 12.1 Å². The summed E-state index contributed by atoms with van der Waals surface area (Å²) >= 11 is 0. The van der Waals surface area contributed by atoms with E-state index >= 15 is 0 Å². The summed E-state index contributed by atoms with van der Waals surface area (Å²) in [5, 5.41) is 10.6. The Morgan fingerprint density at radius 2 is 1.76 bits per heavy atom. The van der Waals surface area contributed by atoms with Crippen molar-refractivity contribution in [2.45, 2.75) is 13.8 Å². The summed E-state index contributed by atoms with van der Waals surface area (Å²) in [6.07, 6.45) is 0. The molecule has 0 fully saturated rings. The molecule has 0 amide bonds. The Kier molecular flexibility index (Phi) is 2.91. The molecule has 2 rings (SSSR count). The van der Waals surface area contributed by atoms with E-state index in [-0.39, 0.29) is 5.69 Å². The summed E-state index contributed by atoms with van der Waals surface area (Å²) < 4.78 is 0. The first-order valence-electron chi connectivity index (χ1n) is 5.32. The molecule has 0 atom stereocenters. The Hall–Kier alpha value is -2.16. The molecule has 0 bridgehead atoms. The molecule has 3 heteroatoms. The van der Waals surface area contributed by atoms with E-state index in [1.54, 1.807) is 12.1 Å². The van der Waals surface area contributed by atoms with Crippen molar-refractivity contribution in [3.63, 3.8) is 0 Å². The van der Waals surface area contributed by atoms with Gasteiger partial charge >= 0.3 is 0 Å². The zero-order valence-electron chi connectivity index (χ0n) is 9.73. The molecule has 0 aromatic heterocycles. The summed E-state index contributed by atoms with van der Waals surface area (Å²) in [5.41, 5.74) is 4.41. The van der Waals surface area contributed by atoms with Gasteiger partial charge in [-0.1, -0.05) is 12.1 Å². The molecule has 0 saturated carbocycles. The van der Waals surface area contributed by atoms with E-state index in [9.17, 15) is 10.1 Å². The molecule has 1 radical (unpaired) electrons. The molecule has 2 aromatic rings. The van der Waals surface area contributed by atoms with Gasteiger partial charge in [-0.3, -0.25) is 10.1 Å². The third kappa shape index (κ3) is 2.18. The fourth-order valence-corrected chi connectivity index (χ4v) is 1.73. The Bertz CT molecular complexity index is 559. The van der Waals surface area contributed by atoms with Gasteiger partial charge in [0.25, 0.3) is 5.69 Å². The number of benzene rings is 2. The van der Waals surface area contributed by atoms with Gasteiger partial charge in [0.15, 0.2) is 0 Å². The monoisotopic (exact) mass is 226 g/mol. The minimum absolute atomic E-state index is 0.110. The van der Waals surface area contributed by atoms with Crippen LogP contribution in [0.4, 0.5) is 5.69 Å². The normalized spacial score (nSPS) is 10.2. The highest BCUT2D eigenvalue weighted by molar-refractivity contribution is 5.68. The van der Waals surface area contributed by atoms with Crippen LogP contribution in [0, 0.1) is 30.0 Å². The average molecular weight is 226 g/mol. The SMILES string of the molecule is Cc1cc[c]c(-c2ccc([N+](=O)[O-])cc2)c1C. The molecular formula is C14H12NO2.